The number of rotatable bonds is 8. The Morgan fingerprint density at radius 2 is 1.84 bits per heavy atom. The zero-order valence-corrected chi connectivity index (χ0v) is 11.0. The lowest BCUT2D eigenvalue weighted by atomic mass is 10.2. The van der Waals surface area contributed by atoms with Crippen LogP contribution < -0.4 is 4.74 Å². The van der Waals surface area contributed by atoms with Crippen LogP contribution in [0.1, 0.15) is 25.7 Å². The van der Waals surface area contributed by atoms with E-state index in [4.69, 9.17) is 16.3 Å². The van der Waals surface area contributed by atoms with Crippen molar-refractivity contribution in [3.8, 4) is 5.75 Å². The Bertz CT molecular complexity index is 443. The number of halogens is 3. The van der Waals surface area contributed by atoms with E-state index in [2.05, 4.69) is 0 Å². The first-order valence-electron chi connectivity index (χ1n) is 5.88. The smallest absolute Gasteiger partial charge is 0.307 e. The Morgan fingerprint density at radius 1 is 1.16 bits per heavy atom. The first kappa shape index (κ1) is 15.6. The second-order valence-electron chi connectivity index (χ2n) is 3.94. The normalized spacial score (nSPS) is 10.5. The van der Waals surface area contributed by atoms with E-state index < -0.39 is 22.2 Å². The summed E-state index contributed by atoms with van der Waals surface area (Å²) in [6.07, 6.45) is 3.42. The maximum absolute atomic E-state index is 13.4. The number of hydrogen-bond donors (Lipinski definition) is 0. The van der Waals surface area contributed by atoms with Crippen LogP contribution in [0.2, 0.25) is 0 Å². The molecule has 0 atom stereocenters. The second kappa shape index (κ2) is 7.89. The van der Waals surface area contributed by atoms with Gasteiger partial charge in [0.15, 0.2) is 11.6 Å². The van der Waals surface area contributed by atoms with Gasteiger partial charge in [-0.3, -0.25) is 10.1 Å². The number of nitrogens with zero attached hydrogens (tertiary/aromatic N) is 1. The molecular weight excluding hydrogens is 280 g/mol. The number of unbranched alkanes of at least 4 members (excludes halogenated alkanes) is 3. The van der Waals surface area contributed by atoms with E-state index in [0.717, 1.165) is 19.3 Å². The van der Waals surface area contributed by atoms with Crippen LogP contribution in [0.15, 0.2) is 12.1 Å². The van der Waals surface area contributed by atoms with Gasteiger partial charge in [-0.05, 0) is 12.8 Å². The third kappa shape index (κ3) is 4.98. The van der Waals surface area contributed by atoms with Crippen molar-refractivity contribution in [2.75, 3.05) is 12.5 Å². The monoisotopic (exact) mass is 293 g/mol. The molecule has 0 aliphatic heterocycles. The van der Waals surface area contributed by atoms with Crippen LogP contribution in [-0.2, 0) is 0 Å². The van der Waals surface area contributed by atoms with Crippen molar-refractivity contribution < 1.29 is 18.4 Å². The highest BCUT2D eigenvalue weighted by Gasteiger charge is 2.19. The number of ether oxygens (including phenoxy) is 1. The van der Waals surface area contributed by atoms with E-state index in [9.17, 15) is 18.9 Å². The van der Waals surface area contributed by atoms with Gasteiger partial charge in [0.2, 0.25) is 5.82 Å². The Hall–Kier alpha value is -1.43. The van der Waals surface area contributed by atoms with Crippen molar-refractivity contribution in [3.63, 3.8) is 0 Å². The van der Waals surface area contributed by atoms with E-state index in [0.29, 0.717) is 24.4 Å². The molecule has 4 nitrogen and oxygen atoms in total. The number of benzene rings is 1. The van der Waals surface area contributed by atoms with E-state index in [1.165, 1.54) is 0 Å². The molecule has 1 rings (SSSR count). The minimum absolute atomic E-state index is 0.233. The summed E-state index contributed by atoms with van der Waals surface area (Å²) in [6.45, 7) is 0.233. The molecule has 0 fully saturated rings. The summed E-state index contributed by atoms with van der Waals surface area (Å²) in [5.74, 6) is -1.75. The zero-order valence-electron chi connectivity index (χ0n) is 10.2. The fraction of sp³-hybridized carbons (Fsp3) is 0.500. The zero-order chi connectivity index (χ0) is 14.3. The van der Waals surface area contributed by atoms with Gasteiger partial charge in [0.05, 0.1) is 17.6 Å². The lowest BCUT2D eigenvalue weighted by Gasteiger charge is -2.07. The lowest BCUT2D eigenvalue weighted by molar-refractivity contribution is -0.387. The van der Waals surface area contributed by atoms with Gasteiger partial charge in [-0.1, -0.05) is 12.8 Å². The number of alkyl halides is 1. The number of nitro benzene ring substituents is 1. The van der Waals surface area contributed by atoms with Crippen LogP contribution in [0.25, 0.3) is 0 Å². The molecule has 19 heavy (non-hydrogen) atoms. The molecule has 1 aromatic carbocycles. The molecule has 0 heterocycles. The first-order chi connectivity index (χ1) is 9.06. The quantitative estimate of drug-likeness (QED) is 0.314. The van der Waals surface area contributed by atoms with Crippen LogP contribution in [-0.4, -0.2) is 17.4 Å². The van der Waals surface area contributed by atoms with Crippen LogP contribution in [0.5, 0.6) is 5.75 Å². The van der Waals surface area contributed by atoms with E-state index >= 15 is 0 Å². The van der Waals surface area contributed by atoms with Crippen molar-refractivity contribution in [2.24, 2.45) is 0 Å². The first-order valence-corrected chi connectivity index (χ1v) is 6.42. The summed E-state index contributed by atoms with van der Waals surface area (Å²) < 4.78 is 31.7. The molecule has 0 spiro atoms. The molecule has 0 unspecified atom stereocenters. The van der Waals surface area contributed by atoms with Crippen molar-refractivity contribution in [1.82, 2.24) is 0 Å². The number of hydrogen-bond acceptors (Lipinski definition) is 3. The molecule has 7 heteroatoms. The van der Waals surface area contributed by atoms with Crippen LogP contribution >= 0.6 is 11.6 Å². The fourth-order valence-electron chi connectivity index (χ4n) is 1.50. The summed E-state index contributed by atoms with van der Waals surface area (Å²) in [5.41, 5.74) is -0.896. The van der Waals surface area contributed by atoms with Gasteiger partial charge in [-0.25, -0.2) is 4.39 Å². The Kier molecular flexibility index (Phi) is 6.49. The molecule has 0 aliphatic carbocycles. The second-order valence-corrected chi connectivity index (χ2v) is 4.32. The van der Waals surface area contributed by atoms with Gasteiger partial charge in [0.25, 0.3) is 0 Å². The van der Waals surface area contributed by atoms with Crippen LogP contribution in [0, 0.1) is 21.7 Å². The molecular formula is C12H14ClF2NO3. The van der Waals surface area contributed by atoms with Gasteiger partial charge in [0.1, 0.15) is 0 Å². The highest BCUT2D eigenvalue weighted by atomic mass is 35.5. The van der Waals surface area contributed by atoms with Gasteiger partial charge in [0, 0.05) is 11.9 Å². The van der Waals surface area contributed by atoms with Crippen LogP contribution in [0.3, 0.4) is 0 Å². The van der Waals surface area contributed by atoms with E-state index in [-0.39, 0.29) is 12.4 Å². The summed E-state index contributed by atoms with van der Waals surface area (Å²) in [5, 5.41) is 10.4. The van der Waals surface area contributed by atoms with Gasteiger partial charge in [-0.15, -0.1) is 11.6 Å². The summed E-state index contributed by atoms with van der Waals surface area (Å²) in [4.78, 5) is 9.42. The Balaban J connectivity index is 2.50. The SMILES string of the molecule is O=[N+]([O-])c1cc(F)c(OCCCCCCCl)cc1F. The number of nitro groups is 1. The van der Waals surface area contributed by atoms with Crippen molar-refractivity contribution >= 4 is 17.3 Å². The minimum atomic E-state index is -1.11. The van der Waals surface area contributed by atoms with Gasteiger partial charge >= 0.3 is 5.69 Å². The van der Waals surface area contributed by atoms with Gasteiger partial charge < -0.3 is 4.74 Å². The molecule has 0 N–H and O–H groups in total. The van der Waals surface area contributed by atoms with Crippen LogP contribution in [0.4, 0.5) is 14.5 Å². The van der Waals surface area contributed by atoms with Gasteiger partial charge in [-0.2, -0.15) is 4.39 Å². The van der Waals surface area contributed by atoms with E-state index in [1.54, 1.807) is 0 Å². The minimum Gasteiger partial charge on any atom is -0.490 e. The summed E-state index contributed by atoms with van der Waals surface area (Å²) >= 11 is 5.51. The van der Waals surface area contributed by atoms with E-state index in [1.807, 2.05) is 0 Å². The standard InChI is InChI=1S/C12H14ClF2NO3/c13-5-3-1-2-4-6-19-12-8-9(14)11(16(17)18)7-10(12)15/h7-8H,1-6H2. The highest BCUT2D eigenvalue weighted by molar-refractivity contribution is 6.17. The van der Waals surface area contributed by atoms with Crippen molar-refractivity contribution in [1.29, 1.82) is 0 Å². The molecule has 1 aromatic rings. The lowest BCUT2D eigenvalue weighted by Crippen LogP contribution is -2.02. The average molecular weight is 294 g/mol. The molecule has 106 valence electrons. The average Bonchev–Trinajstić information content (AvgIpc) is 2.36. The third-order valence-corrected chi connectivity index (χ3v) is 2.75. The predicted molar refractivity (Wildman–Crippen MR) is 67.7 cm³/mol. The highest BCUT2D eigenvalue weighted by Crippen LogP contribution is 2.26. The molecule has 0 aromatic heterocycles. The molecule has 0 saturated heterocycles. The molecule has 0 aliphatic rings. The topological polar surface area (TPSA) is 52.4 Å². The Labute approximate surface area is 114 Å². The maximum atomic E-state index is 13.4. The fourth-order valence-corrected chi connectivity index (χ4v) is 1.69. The summed E-state index contributed by atoms with van der Waals surface area (Å²) in [7, 11) is 0. The molecule has 0 radical (unpaired) electrons. The maximum Gasteiger partial charge on any atom is 0.307 e. The summed E-state index contributed by atoms with van der Waals surface area (Å²) in [6, 6.07) is 1.23. The largest absolute Gasteiger partial charge is 0.490 e. The third-order valence-electron chi connectivity index (χ3n) is 2.48. The molecule has 0 amide bonds. The Morgan fingerprint density at radius 3 is 2.47 bits per heavy atom. The van der Waals surface area contributed by atoms with Crippen molar-refractivity contribution in [2.45, 2.75) is 25.7 Å². The van der Waals surface area contributed by atoms with Crippen molar-refractivity contribution in [3.05, 3.63) is 33.9 Å². The molecule has 0 bridgehead atoms. The predicted octanol–water partition coefficient (Wildman–Crippen LogP) is 4.05. The molecule has 0 saturated carbocycles.